The van der Waals surface area contributed by atoms with E-state index in [0.717, 1.165) is 37.7 Å². The Morgan fingerprint density at radius 3 is 2.48 bits per heavy atom. The van der Waals surface area contributed by atoms with Crippen molar-refractivity contribution < 1.29 is 0 Å². The second kappa shape index (κ2) is 11.9. The van der Waals surface area contributed by atoms with Gasteiger partial charge in [0.15, 0.2) is 5.96 Å². The van der Waals surface area contributed by atoms with Crippen molar-refractivity contribution in [3.8, 4) is 0 Å². The first kappa shape index (κ1) is 19.5. The second-order valence-corrected chi connectivity index (χ2v) is 5.76. The monoisotopic (exact) mass is 322 g/mol. The van der Waals surface area contributed by atoms with E-state index in [9.17, 15) is 0 Å². The molecule has 0 atom stereocenters. The van der Waals surface area contributed by atoms with E-state index in [1.807, 2.05) is 17.8 Å². The maximum Gasteiger partial charge on any atom is 0.191 e. The van der Waals surface area contributed by atoms with Crippen LogP contribution in [0.25, 0.3) is 0 Å². The summed E-state index contributed by atoms with van der Waals surface area (Å²) in [6.07, 6.45) is 5.39. The van der Waals surface area contributed by atoms with Crippen LogP contribution in [0.4, 0.5) is 0 Å². The first-order valence-electron chi connectivity index (χ1n) is 8.92. The molecule has 132 valence electrons. The van der Waals surface area contributed by atoms with Crippen LogP contribution in [0.3, 0.4) is 0 Å². The lowest BCUT2D eigenvalue weighted by Gasteiger charge is -2.21. The highest BCUT2D eigenvalue weighted by Crippen LogP contribution is 1.98. The van der Waals surface area contributed by atoms with Gasteiger partial charge in [0.1, 0.15) is 0 Å². The highest BCUT2D eigenvalue weighted by atomic mass is 15.3. The van der Waals surface area contributed by atoms with Gasteiger partial charge in [-0.1, -0.05) is 13.8 Å². The molecule has 1 aromatic heterocycles. The number of aryl methyl sites for hydroxylation is 1. The van der Waals surface area contributed by atoms with Crippen molar-refractivity contribution in [2.24, 2.45) is 12.0 Å². The zero-order valence-corrected chi connectivity index (χ0v) is 15.3. The SMILES string of the molecule is CCCN(CCC)CCCNC(=NCc1ccnn1C)NCC. The Balaban J connectivity index is 2.36. The van der Waals surface area contributed by atoms with Gasteiger partial charge in [0.05, 0.1) is 12.2 Å². The molecule has 0 saturated carbocycles. The van der Waals surface area contributed by atoms with Crippen molar-refractivity contribution in [1.82, 2.24) is 25.3 Å². The molecule has 0 aliphatic heterocycles. The quantitative estimate of drug-likeness (QED) is 0.372. The van der Waals surface area contributed by atoms with E-state index in [4.69, 9.17) is 0 Å². The van der Waals surface area contributed by atoms with Crippen LogP contribution in [-0.4, -0.2) is 53.4 Å². The molecule has 6 nitrogen and oxygen atoms in total. The van der Waals surface area contributed by atoms with E-state index in [1.165, 1.54) is 25.9 Å². The predicted molar refractivity (Wildman–Crippen MR) is 97.7 cm³/mol. The summed E-state index contributed by atoms with van der Waals surface area (Å²) < 4.78 is 1.86. The zero-order valence-electron chi connectivity index (χ0n) is 15.3. The van der Waals surface area contributed by atoms with Crippen molar-refractivity contribution in [2.45, 2.75) is 46.6 Å². The van der Waals surface area contributed by atoms with E-state index in [1.54, 1.807) is 6.20 Å². The standard InChI is InChI=1S/C17H34N6/c1-5-12-23(13-6-2)14-8-10-19-17(18-7-3)20-15-16-9-11-21-22(16)4/h9,11H,5-8,10,12-15H2,1-4H3,(H2,18,19,20). The predicted octanol–water partition coefficient (Wildman–Crippen LogP) is 1.99. The molecule has 1 rings (SSSR count). The van der Waals surface area contributed by atoms with Crippen LogP contribution < -0.4 is 10.6 Å². The lowest BCUT2D eigenvalue weighted by molar-refractivity contribution is 0.271. The second-order valence-electron chi connectivity index (χ2n) is 5.76. The summed E-state index contributed by atoms with van der Waals surface area (Å²) >= 11 is 0. The Morgan fingerprint density at radius 2 is 1.91 bits per heavy atom. The molecule has 0 aromatic carbocycles. The zero-order chi connectivity index (χ0) is 16.9. The van der Waals surface area contributed by atoms with Gasteiger partial charge in [-0.2, -0.15) is 5.10 Å². The third-order valence-electron chi connectivity index (χ3n) is 3.69. The van der Waals surface area contributed by atoms with Crippen LogP contribution >= 0.6 is 0 Å². The van der Waals surface area contributed by atoms with Gasteiger partial charge in [-0.3, -0.25) is 4.68 Å². The van der Waals surface area contributed by atoms with Crippen LogP contribution in [0.15, 0.2) is 17.3 Å². The Bertz CT molecular complexity index is 434. The Morgan fingerprint density at radius 1 is 1.17 bits per heavy atom. The average Bonchev–Trinajstić information content (AvgIpc) is 2.94. The summed E-state index contributed by atoms with van der Waals surface area (Å²) in [6, 6.07) is 2.00. The molecule has 1 heterocycles. The highest BCUT2D eigenvalue weighted by Gasteiger charge is 2.03. The minimum atomic E-state index is 0.642. The Hall–Kier alpha value is -1.56. The van der Waals surface area contributed by atoms with Gasteiger partial charge < -0.3 is 15.5 Å². The molecule has 0 bridgehead atoms. The van der Waals surface area contributed by atoms with Gasteiger partial charge in [-0.25, -0.2) is 4.99 Å². The van der Waals surface area contributed by atoms with Crippen LogP contribution in [0, 0.1) is 0 Å². The number of aliphatic imine (C=N–C) groups is 1. The molecule has 0 spiro atoms. The molecule has 0 fully saturated rings. The Kier molecular flexibility index (Phi) is 10.1. The molecule has 1 aromatic rings. The van der Waals surface area contributed by atoms with Gasteiger partial charge >= 0.3 is 0 Å². The van der Waals surface area contributed by atoms with Crippen molar-refractivity contribution in [2.75, 3.05) is 32.7 Å². The molecular weight excluding hydrogens is 288 g/mol. The van der Waals surface area contributed by atoms with Gasteiger partial charge in [-0.05, 0) is 51.9 Å². The number of guanidine groups is 1. The minimum absolute atomic E-state index is 0.642. The van der Waals surface area contributed by atoms with Crippen molar-refractivity contribution >= 4 is 5.96 Å². The van der Waals surface area contributed by atoms with Gasteiger partial charge in [0.2, 0.25) is 0 Å². The van der Waals surface area contributed by atoms with E-state index >= 15 is 0 Å². The number of hydrogen-bond acceptors (Lipinski definition) is 3. The fourth-order valence-corrected chi connectivity index (χ4v) is 2.54. The fraction of sp³-hybridized carbons (Fsp3) is 0.765. The topological polar surface area (TPSA) is 57.5 Å². The molecule has 0 aliphatic rings. The molecular formula is C17H34N6. The van der Waals surface area contributed by atoms with E-state index in [2.05, 4.69) is 46.4 Å². The average molecular weight is 323 g/mol. The van der Waals surface area contributed by atoms with Gasteiger partial charge in [0.25, 0.3) is 0 Å². The van der Waals surface area contributed by atoms with E-state index in [0.29, 0.717) is 6.54 Å². The smallest absolute Gasteiger partial charge is 0.191 e. The summed E-state index contributed by atoms with van der Waals surface area (Å²) in [6.45, 7) is 12.6. The Labute approximate surface area is 141 Å². The number of rotatable bonds is 11. The molecule has 0 amide bonds. The first-order valence-corrected chi connectivity index (χ1v) is 8.92. The molecule has 0 radical (unpaired) electrons. The third-order valence-corrected chi connectivity index (χ3v) is 3.69. The van der Waals surface area contributed by atoms with Gasteiger partial charge in [-0.15, -0.1) is 0 Å². The largest absolute Gasteiger partial charge is 0.357 e. The third kappa shape index (κ3) is 8.02. The normalized spacial score (nSPS) is 12.0. The molecule has 0 unspecified atom stereocenters. The van der Waals surface area contributed by atoms with E-state index in [-0.39, 0.29) is 0 Å². The van der Waals surface area contributed by atoms with E-state index < -0.39 is 0 Å². The summed E-state index contributed by atoms with van der Waals surface area (Å²) in [5.74, 6) is 0.881. The van der Waals surface area contributed by atoms with Crippen molar-refractivity contribution in [3.05, 3.63) is 18.0 Å². The number of nitrogens with zero attached hydrogens (tertiary/aromatic N) is 4. The first-order chi connectivity index (χ1) is 11.2. The molecule has 23 heavy (non-hydrogen) atoms. The summed E-state index contributed by atoms with van der Waals surface area (Å²) in [4.78, 5) is 7.17. The highest BCUT2D eigenvalue weighted by molar-refractivity contribution is 5.79. The molecule has 6 heteroatoms. The van der Waals surface area contributed by atoms with Crippen LogP contribution in [0.1, 0.15) is 45.7 Å². The summed E-state index contributed by atoms with van der Waals surface area (Å²) in [5.41, 5.74) is 1.11. The van der Waals surface area contributed by atoms with Crippen molar-refractivity contribution in [3.63, 3.8) is 0 Å². The summed E-state index contributed by atoms with van der Waals surface area (Å²) in [7, 11) is 1.95. The molecule has 2 N–H and O–H groups in total. The lowest BCUT2D eigenvalue weighted by Crippen LogP contribution is -2.39. The van der Waals surface area contributed by atoms with Crippen LogP contribution in [-0.2, 0) is 13.6 Å². The molecule has 0 saturated heterocycles. The number of nitrogens with one attached hydrogen (secondary N) is 2. The summed E-state index contributed by atoms with van der Waals surface area (Å²) in [5, 5.41) is 10.9. The number of aromatic nitrogens is 2. The van der Waals surface area contributed by atoms with Gasteiger partial charge in [0, 0.05) is 26.3 Å². The lowest BCUT2D eigenvalue weighted by atomic mass is 10.3. The fourth-order valence-electron chi connectivity index (χ4n) is 2.54. The van der Waals surface area contributed by atoms with Crippen LogP contribution in [0.2, 0.25) is 0 Å². The molecule has 0 aliphatic carbocycles. The maximum atomic E-state index is 4.63. The maximum absolute atomic E-state index is 4.63. The number of hydrogen-bond donors (Lipinski definition) is 2. The van der Waals surface area contributed by atoms with Crippen molar-refractivity contribution in [1.29, 1.82) is 0 Å². The van der Waals surface area contributed by atoms with Crippen LogP contribution in [0.5, 0.6) is 0 Å². The minimum Gasteiger partial charge on any atom is -0.357 e.